The number of halogens is 1. The van der Waals surface area contributed by atoms with E-state index in [1.165, 1.54) is 12.1 Å². The maximum atomic E-state index is 12.4. The molecule has 3 aromatic rings. The van der Waals surface area contributed by atoms with Crippen LogP contribution in [0.2, 0.25) is 0 Å². The van der Waals surface area contributed by atoms with Gasteiger partial charge >= 0.3 is 0 Å². The van der Waals surface area contributed by atoms with E-state index in [4.69, 9.17) is 0 Å². The molecule has 3 rings (SSSR count). The van der Waals surface area contributed by atoms with Crippen LogP contribution in [0.1, 0.15) is 21.6 Å². The van der Waals surface area contributed by atoms with Crippen LogP contribution in [-0.4, -0.2) is 30.0 Å². The zero-order valence-corrected chi connectivity index (χ0v) is 16.1. The number of hydrogen-bond acceptors (Lipinski definition) is 4. The number of nitrogens with zero attached hydrogens (tertiary/aromatic N) is 2. The first-order valence-corrected chi connectivity index (χ1v) is 10.1. The van der Waals surface area contributed by atoms with Gasteiger partial charge in [-0.1, -0.05) is 6.07 Å². The van der Waals surface area contributed by atoms with E-state index in [2.05, 4.69) is 26.2 Å². The highest BCUT2D eigenvalue weighted by Gasteiger charge is 2.14. The maximum Gasteiger partial charge on any atom is 0.251 e. The number of rotatable bonds is 4. The average Bonchev–Trinajstić information content (AvgIpc) is 2.93. The highest BCUT2D eigenvalue weighted by atomic mass is 79.9. The lowest BCUT2D eigenvalue weighted by Crippen LogP contribution is -2.24. The molecule has 8 heteroatoms. The van der Waals surface area contributed by atoms with Gasteiger partial charge < -0.3 is 9.72 Å². The van der Waals surface area contributed by atoms with Crippen LogP contribution in [0.4, 0.5) is 0 Å². The van der Waals surface area contributed by atoms with Gasteiger partial charge in [-0.3, -0.25) is 4.79 Å². The summed E-state index contributed by atoms with van der Waals surface area (Å²) in [6.45, 7) is 2.02. The quantitative estimate of drug-likeness (QED) is 0.701. The number of nitrogens with one attached hydrogen (secondary N) is 1. The Kier molecular flexibility index (Phi) is 4.66. The summed E-state index contributed by atoms with van der Waals surface area (Å²) in [6, 6.07) is 8.30. The first-order valence-electron chi connectivity index (χ1n) is 7.46. The first kappa shape index (κ1) is 17.6. The van der Waals surface area contributed by atoms with Crippen molar-refractivity contribution in [3.05, 3.63) is 64.0 Å². The predicted molar refractivity (Wildman–Crippen MR) is 98.4 cm³/mol. The summed E-state index contributed by atoms with van der Waals surface area (Å²) < 4.78 is 26.1. The van der Waals surface area contributed by atoms with Crippen molar-refractivity contribution in [1.29, 1.82) is 0 Å². The number of aromatic nitrogens is 2. The Morgan fingerprint density at radius 3 is 2.72 bits per heavy atom. The second-order valence-corrected chi connectivity index (χ2v) is 8.71. The second-order valence-electron chi connectivity index (χ2n) is 5.78. The number of aryl methyl sites for hydroxylation is 1. The van der Waals surface area contributed by atoms with Crippen LogP contribution in [0.15, 0.2) is 52.1 Å². The minimum atomic E-state index is -3.36. The van der Waals surface area contributed by atoms with Crippen molar-refractivity contribution >= 4 is 37.3 Å². The summed E-state index contributed by atoms with van der Waals surface area (Å²) in [4.78, 5) is 17.0. The van der Waals surface area contributed by atoms with Gasteiger partial charge in [-0.05, 0) is 52.7 Å². The van der Waals surface area contributed by atoms with Gasteiger partial charge in [0.05, 0.1) is 17.1 Å². The van der Waals surface area contributed by atoms with E-state index in [0.29, 0.717) is 16.8 Å². The number of carbonyl (C=O) groups is 1. The monoisotopic (exact) mass is 421 g/mol. The van der Waals surface area contributed by atoms with E-state index in [1.807, 2.05) is 28.9 Å². The molecule has 2 aromatic heterocycles. The molecule has 130 valence electrons. The molecule has 0 aliphatic carbocycles. The molecular formula is C17H16BrN3O3S. The third-order valence-electron chi connectivity index (χ3n) is 3.78. The van der Waals surface area contributed by atoms with Crippen LogP contribution in [0.5, 0.6) is 0 Å². The minimum Gasteiger partial charge on any atom is -0.346 e. The normalized spacial score (nSPS) is 11.6. The number of benzene rings is 1. The Hall–Kier alpha value is -2.19. The SMILES string of the molecule is Cc1ccc(S(C)(=O)=O)cc1C(=O)NCc1cn2cc(Br)ccc2n1. The number of pyridine rings is 1. The molecule has 0 aliphatic heterocycles. The molecule has 0 atom stereocenters. The third kappa shape index (κ3) is 3.91. The topological polar surface area (TPSA) is 80.5 Å². The van der Waals surface area contributed by atoms with E-state index in [9.17, 15) is 13.2 Å². The van der Waals surface area contributed by atoms with Crippen molar-refractivity contribution in [2.24, 2.45) is 0 Å². The largest absolute Gasteiger partial charge is 0.346 e. The molecule has 1 N–H and O–H groups in total. The van der Waals surface area contributed by atoms with Crippen molar-refractivity contribution in [1.82, 2.24) is 14.7 Å². The zero-order valence-electron chi connectivity index (χ0n) is 13.7. The molecule has 2 heterocycles. The van der Waals surface area contributed by atoms with Crippen molar-refractivity contribution < 1.29 is 13.2 Å². The summed E-state index contributed by atoms with van der Waals surface area (Å²) in [6.07, 6.45) is 4.84. The van der Waals surface area contributed by atoms with Gasteiger partial charge in [-0.15, -0.1) is 0 Å². The average molecular weight is 422 g/mol. The number of imidazole rings is 1. The molecule has 0 saturated carbocycles. The summed E-state index contributed by atoms with van der Waals surface area (Å²) in [5.41, 5.74) is 2.55. The van der Waals surface area contributed by atoms with Gasteiger partial charge in [-0.2, -0.15) is 0 Å². The van der Waals surface area contributed by atoms with Crippen molar-refractivity contribution in [2.75, 3.05) is 6.26 Å². The summed E-state index contributed by atoms with van der Waals surface area (Å²) in [7, 11) is -3.36. The Labute approximate surface area is 153 Å². The summed E-state index contributed by atoms with van der Waals surface area (Å²) in [5.74, 6) is -0.332. The fraction of sp³-hybridized carbons (Fsp3) is 0.176. The highest BCUT2D eigenvalue weighted by Crippen LogP contribution is 2.16. The van der Waals surface area contributed by atoms with Crippen LogP contribution in [-0.2, 0) is 16.4 Å². The number of fused-ring (bicyclic) bond motifs is 1. The van der Waals surface area contributed by atoms with Gasteiger partial charge in [0.15, 0.2) is 9.84 Å². The van der Waals surface area contributed by atoms with Gasteiger partial charge in [-0.25, -0.2) is 13.4 Å². The summed E-state index contributed by atoms with van der Waals surface area (Å²) in [5, 5.41) is 2.79. The van der Waals surface area contributed by atoms with E-state index in [1.54, 1.807) is 13.0 Å². The summed E-state index contributed by atoms with van der Waals surface area (Å²) >= 11 is 3.40. The van der Waals surface area contributed by atoms with Crippen LogP contribution in [0, 0.1) is 6.92 Å². The molecular weight excluding hydrogens is 406 g/mol. The van der Waals surface area contributed by atoms with E-state index >= 15 is 0 Å². The molecule has 6 nitrogen and oxygen atoms in total. The van der Waals surface area contributed by atoms with Crippen LogP contribution < -0.4 is 5.32 Å². The molecule has 1 aromatic carbocycles. The predicted octanol–water partition coefficient (Wildman–Crippen LogP) is 2.74. The molecule has 0 saturated heterocycles. The van der Waals surface area contributed by atoms with Crippen LogP contribution >= 0.6 is 15.9 Å². The number of amides is 1. The molecule has 0 aliphatic rings. The Balaban J connectivity index is 1.80. The number of hydrogen-bond donors (Lipinski definition) is 1. The van der Waals surface area contributed by atoms with Gasteiger partial charge in [0.2, 0.25) is 0 Å². The zero-order chi connectivity index (χ0) is 18.2. The molecule has 25 heavy (non-hydrogen) atoms. The van der Waals surface area contributed by atoms with Gasteiger partial charge in [0, 0.05) is 28.7 Å². The molecule has 0 unspecified atom stereocenters. The molecule has 0 fully saturated rings. The van der Waals surface area contributed by atoms with Crippen molar-refractivity contribution in [3.8, 4) is 0 Å². The van der Waals surface area contributed by atoms with Gasteiger partial charge in [0.25, 0.3) is 5.91 Å². The molecule has 0 radical (unpaired) electrons. The van der Waals surface area contributed by atoms with E-state index in [0.717, 1.165) is 16.4 Å². The standard InChI is InChI=1S/C17H16BrN3O3S/c1-11-3-5-14(25(2,23)24)7-15(11)17(22)19-8-13-10-21-9-12(18)4-6-16(21)20-13/h3-7,9-10H,8H2,1-2H3,(H,19,22). The van der Waals surface area contributed by atoms with Gasteiger partial charge in [0.1, 0.15) is 5.65 Å². The Bertz CT molecular complexity index is 1070. The fourth-order valence-electron chi connectivity index (χ4n) is 2.44. The first-order chi connectivity index (χ1) is 11.7. The minimum absolute atomic E-state index is 0.126. The molecule has 1 amide bonds. The lowest BCUT2D eigenvalue weighted by Gasteiger charge is -2.08. The molecule has 0 bridgehead atoms. The van der Waals surface area contributed by atoms with Crippen LogP contribution in [0.3, 0.4) is 0 Å². The Morgan fingerprint density at radius 2 is 2.00 bits per heavy atom. The van der Waals surface area contributed by atoms with E-state index in [-0.39, 0.29) is 17.3 Å². The molecule has 0 spiro atoms. The van der Waals surface area contributed by atoms with Crippen LogP contribution in [0.25, 0.3) is 5.65 Å². The highest BCUT2D eigenvalue weighted by molar-refractivity contribution is 9.10. The van der Waals surface area contributed by atoms with Crippen molar-refractivity contribution in [2.45, 2.75) is 18.4 Å². The number of carbonyl (C=O) groups excluding carboxylic acids is 1. The smallest absolute Gasteiger partial charge is 0.251 e. The second kappa shape index (κ2) is 6.61. The Morgan fingerprint density at radius 1 is 1.24 bits per heavy atom. The lowest BCUT2D eigenvalue weighted by atomic mass is 10.1. The fourth-order valence-corrected chi connectivity index (χ4v) is 3.44. The van der Waals surface area contributed by atoms with E-state index < -0.39 is 9.84 Å². The third-order valence-corrected chi connectivity index (χ3v) is 5.36. The number of sulfone groups is 1. The lowest BCUT2D eigenvalue weighted by molar-refractivity contribution is 0.0949. The maximum absolute atomic E-state index is 12.4. The van der Waals surface area contributed by atoms with Crippen molar-refractivity contribution in [3.63, 3.8) is 0 Å².